The third-order valence-electron chi connectivity index (χ3n) is 4.61. The fourth-order valence-electron chi connectivity index (χ4n) is 3.25. The predicted octanol–water partition coefficient (Wildman–Crippen LogP) is 1.69. The number of amides is 2. The van der Waals surface area contributed by atoms with Crippen molar-refractivity contribution in [3.05, 3.63) is 35.4 Å². The molecule has 0 radical (unpaired) electrons. The van der Waals surface area contributed by atoms with Crippen LogP contribution in [0.1, 0.15) is 35.2 Å². The van der Waals surface area contributed by atoms with Gasteiger partial charge in [-0.15, -0.1) is 0 Å². The first kappa shape index (κ1) is 21.2. The van der Waals surface area contributed by atoms with Gasteiger partial charge in [0.05, 0.1) is 18.7 Å². The minimum absolute atomic E-state index is 0.0684. The number of methoxy groups -OCH3 is 1. The van der Waals surface area contributed by atoms with Gasteiger partial charge < -0.3 is 21.1 Å². The molecule has 0 bridgehead atoms. The summed E-state index contributed by atoms with van der Waals surface area (Å²) in [5, 5.41) is 5.20. The van der Waals surface area contributed by atoms with Crippen LogP contribution in [0.2, 0.25) is 0 Å². The summed E-state index contributed by atoms with van der Waals surface area (Å²) >= 11 is 0. The van der Waals surface area contributed by atoms with E-state index in [1.54, 1.807) is 7.11 Å². The lowest BCUT2D eigenvalue weighted by Gasteiger charge is -2.34. The van der Waals surface area contributed by atoms with Gasteiger partial charge in [0.1, 0.15) is 0 Å². The van der Waals surface area contributed by atoms with E-state index in [4.69, 9.17) is 10.5 Å². The second kappa shape index (κ2) is 9.18. The Morgan fingerprint density at radius 3 is 2.70 bits per heavy atom. The largest absolute Gasteiger partial charge is 0.416 e. The van der Waals surface area contributed by atoms with Gasteiger partial charge in [0.25, 0.3) is 5.91 Å². The van der Waals surface area contributed by atoms with Gasteiger partial charge in [0, 0.05) is 30.7 Å². The van der Waals surface area contributed by atoms with Crippen LogP contribution in [0.15, 0.2) is 24.3 Å². The van der Waals surface area contributed by atoms with E-state index < -0.39 is 23.6 Å². The molecule has 4 N–H and O–H groups in total. The molecule has 27 heavy (non-hydrogen) atoms. The van der Waals surface area contributed by atoms with Gasteiger partial charge in [-0.05, 0) is 37.5 Å². The molecule has 1 aromatic carbocycles. The highest BCUT2D eigenvalue weighted by Gasteiger charge is 2.31. The third-order valence-corrected chi connectivity index (χ3v) is 4.61. The summed E-state index contributed by atoms with van der Waals surface area (Å²) in [6, 6.07) is 4.01. The molecule has 0 unspecified atom stereocenters. The van der Waals surface area contributed by atoms with Crippen LogP contribution < -0.4 is 16.4 Å². The first-order valence-electron chi connectivity index (χ1n) is 8.70. The Morgan fingerprint density at radius 2 is 2.04 bits per heavy atom. The Hall–Kier alpha value is -2.13. The number of benzene rings is 1. The van der Waals surface area contributed by atoms with E-state index in [2.05, 4.69) is 10.6 Å². The lowest BCUT2D eigenvalue weighted by molar-refractivity contribution is -0.137. The highest BCUT2D eigenvalue weighted by atomic mass is 19.4. The average Bonchev–Trinajstić information content (AvgIpc) is 2.61. The molecule has 1 aliphatic carbocycles. The summed E-state index contributed by atoms with van der Waals surface area (Å²) < 4.78 is 43.3. The smallest absolute Gasteiger partial charge is 0.384 e. The Balaban J connectivity index is 1.88. The maximum absolute atomic E-state index is 12.7. The fraction of sp³-hybridized carbons (Fsp3) is 0.556. The Morgan fingerprint density at radius 1 is 1.30 bits per heavy atom. The van der Waals surface area contributed by atoms with E-state index >= 15 is 0 Å². The lowest BCUT2D eigenvalue weighted by Crippen LogP contribution is -2.50. The van der Waals surface area contributed by atoms with E-state index in [0.29, 0.717) is 13.0 Å². The van der Waals surface area contributed by atoms with Gasteiger partial charge in [-0.1, -0.05) is 6.07 Å². The second-order valence-corrected chi connectivity index (χ2v) is 6.72. The van der Waals surface area contributed by atoms with Gasteiger partial charge in [0.15, 0.2) is 0 Å². The van der Waals surface area contributed by atoms with Gasteiger partial charge in [-0.2, -0.15) is 13.2 Å². The third kappa shape index (κ3) is 6.21. The van der Waals surface area contributed by atoms with E-state index in [1.165, 1.54) is 6.07 Å². The number of rotatable bonds is 6. The Kier molecular flexibility index (Phi) is 7.20. The van der Waals surface area contributed by atoms with Gasteiger partial charge in [-0.25, -0.2) is 0 Å². The Labute approximate surface area is 155 Å². The summed E-state index contributed by atoms with van der Waals surface area (Å²) in [7, 11) is 1.58. The van der Waals surface area contributed by atoms with Crippen molar-refractivity contribution in [1.29, 1.82) is 0 Å². The highest BCUT2D eigenvalue weighted by molar-refractivity contribution is 5.96. The van der Waals surface area contributed by atoms with Crippen molar-refractivity contribution in [3.8, 4) is 0 Å². The number of hydrogen-bond acceptors (Lipinski definition) is 4. The minimum Gasteiger partial charge on any atom is -0.384 e. The maximum Gasteiger partial charge on any atom is 0.416 e. The first-order valence-corrected chi connectivity index (χ1v) is 8.70. The van der Waals surface area contributed by atoms with E-state index in [9.17, 15) is 22.8 Å². The molecule has 0 aliphatic heterocycles. The standard InChI is InChI=1S/C18H24F3N3O3/c1-27-10-12-8-14(22)5-6-15(12)24-16(25)9-23-17(26)11-3-2-4-13(7-11)18(19,20)21/h2-4,7,12,14-15H,5-6,8-10,22H2,1H3,(H,23,26)(H,24,25)/t12-,14-,15+/m1/s1. The van der Waals surface area contributed by atoms with Crippen LogP contribution in [-0.2, 0) is 15.7 Å². The van der Waals surface area contributed by atoms with Crippen LogP contribution in [0, 0.1) is 5.92 Å². The van der Waals surface area contributed by atoms with Crippen molar-refractivity contribution in [1.82, 2.24) is 10.6 Å². The summed E-state index contributed by atoms with van der Waals surface area (Å²) in [6.07, 6.45) is -2.31. The molecule has 0 heterocycles. The molecule has 0 aromatic heterocycles. The van der Waals surface area contributed by atoms with Crippen LogP contribution in [-0.4, -0.2) is 44.2 Å². The summed E-state index contributed by atoms with van der Waals surface area (Å²) in [4.78, 5) is 24.2. The molecular weight excluding hydrogens is 363 g/mol. The topological polar surface area (TPSA) is 93.4 Å². The Bertz CT molecular complexity index is 667. The van der Waals surface area contributed by atoms with Crippen LogP contribution in [0.25, 0.3) is 0 Å². The van der Waals surface area contributed by atoms with Crippen molar-refractivity contribution in [2.75, 3.05) is 20.3 Å². The zero-order valence-electron chi connectivity index (χ0n) is 15.0. The molecular formula is C18H24F3N3O3. The molecule has 3 atom stereocenters. The zero-order valence-corrected chi connectivity index (χ0v) is 15.0. The van der Waals surface area contributed by atoms with E-state index in [-0.39, 0.29) is 30.1 Å². The summed E-state index contributed by atoms with van der Waals surface area (Å²) in [6.45, 7) is 0.145. The number of carbonyl (C=O) groups is 2. The lowest BCUT2D eigenvalue weighted by atomic mass is 9.82. The van der Waals surface area contributed by atoms with Gasteiger partial charge >= 0.3 is 6.18 Å². The number of nitrogens with two attached hydrogens (primary N) is 1. The molecule has 9 heteroatoms. The second-order valence-electron chi connectivity index (χ2n) is 6.72. The van der Waals surface area contributed by atoms with E-state index in [1.807, 2.05) is 0 Å². The number of nitrogens with one attached hydrogen (secondary N) is 2. The molecule has 2 rings (SSSR count). The van der Waals surface area contributed by atoms with Crippen molar-refractivity contribution < 1.29 is 27.5 Å². The maximum atomic E-state index is 12.7. The molecule has 150 valence electrons. The van der Waals surface area contributed by atoms with Crippen LogP contribution in [0.4, 0.5) is 13.2 Å². The predicted molar refractivity (Wildman–Crippen MR) is 92.9 cm³/mol. The minimum atomic E-state index is -4.54. The molecule has 1 aromatic rings. The zero-order chi connectivity index (χ0) is 20.0. The van der Waals surface area contributed by atoms with Crippen LogP contribution in [0.3, 0.4) is 0 Å². The molecule has 1 aliphatic rings. The van der Waals surface area contributed by atoms with Gasteiger partial charge in [-0.3, -0.25) is 9.59 Å². The number of alkyl halides is 3. The number of hydrogen-bond donors (Lipinski definition) is 3. The summed E-state index contributed by atoms with van der Waals surface area (Å²) in [5.74, 6) is -1.06. The average molecular weight is 387 g/mol. The number of carbonyl (C=O) groups excluding carboxylic acids is 2. The first-order chi connectivity index (χ1) is 12.7. The van der Waals surface area contributed by atoms with Crippen LogP contribution in [0.5, 0.6) is 0 Å². The fourth-order valence-corrected chi connectivity index (χ4v) is 3.25. The normalized spacial score (nSPS) is 22.9. The molecule has 6 nitrogen and oxygen atoms in total. The molecule has 1 saturated carbocycles. The molecule has 0 spiro atoms. The van der Waals surface area contributed by atoms with Crippen molar-refractivity contribution in [3.63, 3.8) is 0 Å². The van der Waals surface area contributed by atoms with Crippen molar-refractivity contribution >= 4 is 11.8 Å². The number of halogens is 3. The molecule has 1 fully saturated rings. The highest BCUT2D eigenvalue weighted by Crippen LogP contribution is 2.29. The van der Waals surface area contributed by atoms with Crippen molar-refractivity contribution in [2.45, 2.75) is 37.5 Å². The molecule has 2 amide bonds. The summed E-state index contributed by atoms with van der Waals surface area (Å²) in [5.41, 5.74) is 4.88. The number of ether oxygens (including phenoxy) is 1. The van der Waals surface area contributed by atoms with Crippen molar-refractivity contribution in [2.24, 2.45) is 11.7 Å². The monoisotopic (exact) mass is 387 g/mol. The van der Waals surface area contributed by atoms with E-state index in [0.717, 1.165) is 31.0 Å². The molecule has 0 saturated heterocycles. The SMILES string of the molecule is COC[C@H]1C[C@H](N)CC[C@@H]1NC(=O)CNC(=O)c1cccc(C(F)(F)F)c1. The van der Waals surface area contributed by atoms with Gasteiger partial charge in [0.2, 0.25) is 5.91 Å². The quantitative estimate of drug-likeness (QED) is 0.693. The van der Waals surface area contributed by atoms with Crippen LogP contribution >= 0.6 is 0 Å².